The molecular weight excluding hydrogens is 323 g/mol. The summed E-state index contributed by atoms with van der Waals surface area (Å²) in [5, 5.41) is 6.92. The zero-order valence-corrected chi connectivity index (χ0v) is 13.6. The average molecular weight is 340 g/mol. The Bertz CT molecular complexity index is 469. The Morgan fingerprint density at radius 1 is 1.25 bits per heavy atom. The van der Waals surface area contributed by atoms with E-state index in [1.807, 2.05) is 13.8 Å². The van der Waals surface area contributed by atoms with E-state index in [9.17, 15) is 4.79 Å². The minimum atomic E-state index is -0.225. The van der Waals surface area contributed by atoms with Crippen molar-refractivity contribution >= 4 is 40.7 Å². The van der Waals surface area contributed by atoms with E-state index in [4.69, 9.17) is 39.5 Å². The smallest absolute Gasteiger partial charge is 0.257 e. The molecule has 0 spiro atoms. The van der Waals surface area contributed by atoms with Crippen molar-refractivity contribution in [2.45, 2.75) is 19.9 Å². The maximum Gasteiger partial charge on any atom is 0.257 e. The normalized spacial score (nSPS) is 12.1. The van der Waals surface area contributed by atoms with Gasteiger partial charge in [0.1, 0.15) is 5.75 Å². The molecule has 0 fully saturated rings. The van der Waals surface area contributed by atoms with Crippen LogP contribution in [0, 0.1) is 0 Å². The second-order valence-electron chi connectivity index (χ2n) is 4.25. The van der Waals surface area contributed by atoms with Gasteiger partial charge in [-0.3, -0.25) is 4.79 Å². The number of carbonyl (C=O) groups excluding carboxylic acids is 1. The van der Waals surface area contributed by atoms with Crippen molar-refractivity contribution in [3.8, 4) is 5.75 Å². The highest BCUT2D eigenvalue weighted by Crippen LogP contribution is 2.33. The molecule has 1 rings (SSSR count). The first kappa shape index (κ1) is 17.4. The van der Waals surface area contributed by atoms with Crippen molar-refractivity contribution in [2.75, 3.05) is 19.7 Å². The largest absolute Gasteiger partial charge is 0.482 e. The standard InChI is InChI=1S/C13H17Cl3N2O2/c1-3-17-8(2)6-18-13(19)7-20-12-5-10(15)9(14)4-11(12)16/h4-5,8,17H,3,6-7H2,1-2H3,(H,18,19)/t8-/m1/s1. The maximum atomic E-state index is 11.6. The zero-order valence-electron chi connectivity index (χ0n) is 11.3. The first-order chi connectivity index (χ1) is 9.43. The van der Waals surface area contributed by atoms with Gasteiger partial charge in [-0.05, 0) is 19.5 Å². The van der Waals surface area contributed by atoms with E-state index in [0.29, 0.717) is 27.4 Å². The van der Waals surface area contributed by atoms with E-state index in [1.165, 1.54) is 12.1 Å². The molecule has 0 heterocycles. The number of hydrogen-bond donors (Lipinski definition) is 2. The quantitative estimate of drug-likeness (QED) is 0.750. The SMILES string of the molecule is CCN[C@H](C)CNC(=O)COc1cc(Cl)c(Cl)cc1Cl. The molecule has 0 aliphatic rings. The fourth-order valence-electron chi connectivity index (χ4n) is 1.50. The van der Waals surface area contributed by atoms with Crippen molar-refractivity contribution in [3.63, 3.8) is 0 Å². The molecule has 0 aromatic heterocycles. The fraction of sp³-hybridized carbons (Fsp3) is 0.462. The van der Waals surface area contributed by atoms with Crippen LogP contribution in [0.2, 0.25) is 15.1 Å². The molecule has 0 radical (unpaired) electrons. The number of halogens is 3. The van der Waals surface area contributed by atoms with Gasteiger partial charge in [0.25, 0.3) is 5.91 Å². The minimum Gasteiger partial charge on any atom is -0.482 e. The van der Waals surface area contributed by atoms with Crippen LogP contribution in [0.4, 0.5) is 0 Å². The lowest BCUT2D eigenvalue weighted by atomic mass is 10.3. The Kier molecular flexibility index (Phi) is 7.45. The van der Waals surface area contributed by atoms with Gasteiger partial charge in [-0.1, -0.05) is 41.7 Å². The maximum absolute atomic E-state index is 11.6. The summed E-state index contributed by atoms with van der Waals surface area (Å²) in [4.78, 5) is 11.6. The summed E-state index contributed by atoms with van der Waals surface area (Å²) < 4.78 is 5.32. The van der Waals surface area contributed by atoms with Crippen LogP contribution in [0.3, 0.4) is 0 Å². The van der Waals surface area contributed by atoms with Crippen LogP contribution in [-0.4, -0.2) is 31.6 Å². The highest BCUT2D eigenvalue weighted by atomic mass is 35.5. The van der Waals surface area contributed by atoms with Gasteiger partial charge >= 0.3 is 0 Å². The first-order valence-corrected chi connectivity index (χ1v) is 7.34. The molecule has 0 aliphatic heterocycles. The summed E-state index contributed by atoms with van der Waals surface area (Å²) in [5.41, 5.74) is 0. The van der Waals surface area contributed by atoms with Crippen LogP contribution in [-0.2, 0) is 4.79 Å². The molecule has 4 nitrogen and oxygen atoms in total. The van der Waals surface area contributed by atoms with Crippen LogP contribution >= 0.6 is 34.8 Å². The average Bonchev–Trinajstić information content (AvgIpc) is 2.39. The Balaban J connectivity index is 2.43. The number of benzene rings is 1. The number of ether oxygens (including phenoxy) is 1. The lowest BCUT2D eigenvalue weighted by molar-refractivity contribution is -0.123. The lowest BCUT2D eigenvalue weighted by Gasteiger charge is -2.14. The molecular formula is C13H17Cl3N2O2. The van der Waals surface area contributed by atoms with Crippen molar-refractivity contribution in [3.05, 3.63) is 27.2 Å². The van der Waals surface area contributed by atoms with Gasteiger partial charge in [0.2, 0.25) is 0 Å². The van der Waals surface area contributed by atoms with Crippen LogP contribution < -0.4 is 15.4 Å². The number of carbonyl (C=O) groups is 1. The predicted molar refractivity (Wildman–Crippen MR) is 83.1 cm³/mol. The topological polar surface area (TPSA) is 50.4 Å². The monoisotopic (exact) mass is 338 g/mol. The van der Waals surface area contributed by atoms with Crippen molar-refractivity contribution in [1.29, 1.82) is 0 Å². The van der Waals surface area contributed by atoms with Crippen LogP contribution in [0.1, 0.15) is 13.8 Å². The van der Waals surface area contributed by atoms with Gasteiger partial charge in [0.15, 0.2) is 6.61 Å². The summed E-state index contributed by atoms with van der Waals surface area (Å²) in [6.45, 7) is 5.25. The summed E-state index contributed by atoms with van der Waals surface area (Å²) >= 11 is 17.6. The molecule has 0 unspecified atom stereocenters. The highest BCUT2D eigenvalue weighted by molar-refractivity contribution is 6.43. The van der Waals surface area contributed by atoms with E-state index in [-0.39, 0.29) is 18.6 Å². The van der Waals surface area contributed by atoms with Crippen LogP contribution in [0.5, 0.6) is 5.75 Å². The first-order valence-electron chi connectivity index (χ1n) is 6.21. The van der Waals surface area contributed by atoms with Gasteiger partial charge in [-0.15, -0.1) is 0 Å². The van der Waals surface area contributed by atoms with Gasteiger partial charge in [0.05, 0.1) is 15.1 Å². The number of nitrogens with one attached hydrogen (secondary N) is 2. The highest BCUT2D eigenvalue weighted by Gasteiger charge is 2.10. The van der Waals surface area contributed by atoms with Gasteiger partial charge < -0.3 is 15.4 Å². The third kappa shape index (κ3) is 5.75. The Hall–Kier alpha value is -0.680. The molecule has 2 N–H and O–H groups in total. The summed E-state index contributed by atoms with van der Waals surface area (Å²) in [6.07, 6.45) is 0. The molecule has 7 heteroatoms. The van der Waals surface area contributed by atoms with Crippen LogP contribution in [0.25, 0.3) is 0 Å². The van der Waals surface area contributed by atoms with Gasteiger partial charge in [-0.2, -0.15) is 0 Å². The van der Waals surface area contributed by atoms with Crippen LogP contribution in [0.15, 0.2) is 12.1 Å². The van der Waals surface area contributed by atoms with E-state index in [0.717, 1.165) is 6.54 Å². The molecule has 1 atom stereocenters. The number of hydrogen-bond acceptors (Lipinski definition) is 3. The molecule has 20 heavy (non-hydrogen) atoms. The molecule has 0 saturated carbocycles. The van der Waals surface area contributed by atoms with Gasteiger partial charge in [-0.25, -0.2) is 0 Å². The lowest BCUT2D eigenvalue weighted by Crippen LogP contribution is -2.40. The molecule has 1 amide bonds. The molecule has 0 bridgehead atoms. The van der Waals surface area contributed by atoms with Gasteiger partial charge in [0, 0.05) is 18.7 Å². The second-order valence-corrected chi connectivity index (χ2v) is 5.47. The molecule has 112 valence electrons. The predicted octanol–water partition coefficient (Wildman–Crippen LogP) is 3.14. The Morgan fingerprint density at radius 3 is 2.55 bits per heavy atom. The Morgan fingerprint density at radius 2 is 1.90 bits per heavy atom. The molecule has 0 saturated heterocycles. The van der Waals surface area contributed by atoms with E-state index in [2.05, 4.69) is 10.6 Å². The second kappa shape index (κ2) is 8.57. The summed E-state index contributed by atoms with van der Waals surface area (Å²) in [5.74, 6) is 0.104. The van der Waals surface area contributed by atoms with Crippen molar-refractivity contribution < 1.29 is 9.53 Å². The van der Waals surface area contributed by atoms with E-state index in [1.54, 1.807) is 0 Å². The number of rotatable bonds is 7. The molecule has 1 aromatic rings. The molecule has 0 aliphatic carbocycles. The summed E-state index contributed by atoms with van der Waals surface area (Å²) in [7, 11) is 0. The third-order valence-corrected chi connectivity index (χ3v) is 3.51. The Labute approximate surface area is 133 Å². The molecule has 1 aromatic carbocycles. The minimum absolute atomic E-state index is 0.128. The zero-order chi connectivity index (χ0) is 15.1. The van der Waals surface area contributed by atoms with Crippen molar-refractivity contribution in [1.82, 2.24) is 10.6 Å². The van der Waals surface area contributed by atoms with Crippen molar-refractivity contribution in [2.24, 2.45) is 0 Å². The number of amides is 1. The fourth-order valence-corrected chi connectivity index (χ4v) is 2.09. The van der Waals surface area contributed by atoms with E-state index < -0.39 is 0 Å². The number of likely N-dealkylation sites (N-methyl/N-ethyl adjacent to an activating group) is 1. The summed E-state index contributed by atoms with van der Waals surface area (Å²) in [6, 6.07) is 3.17. The van der Waals surface area contributed by atoms with E-state index >= 15 is 0 Å². The third-order valence-electron chi connectivity index (χ3n) is 2.49.